The van der Waals surface area contributed by atoms with Crippen molar-refractivity contribution in [1.29, 1.82) is 0 Å². The normalized spacial score (nSPS) is 15.2. The highest BCUT2D eigenvalue weighted by molar-refractivity contribution is 8.00. The van der Waals surface area contributed by atoms with E-state index in [9.17, 15) is 23.3 Å². The molecule has 8 nitrogen and oxygen atoms in total. The van der Waals surface area contributed by atoms with Crippen molar-refractivity contribution in [3.8, 4) is 0 Å². The summed E-state index contributed by atoms with van der Waals surface area (Å²) in [4.78, 5) is 25.4. The van der Waals surface area contributed by atoms with Crippen LogP contribution in [0.25, 0.3) is 0 Å². The van der Waals surface area contributed by atoms with Gasteiger partial charge >= 0.3 is 0 Å². The second kappa shape index (κ2) is 9.34. The van der Waals surface area contributed by atoms with Crippen molar-refractivity contribution in [2.45, 2.75) is 16.7 Å². The third-order valence-electron chi connectivity index (χ3n) is 4.77. The van der Waals surface area contributed by atoms with Gasteiger partial charge in [-0.15, -0.1) is 11.8 Å². The molecule has 0 saturated carbocycles. The minimum atomic E-state index is -3.88. The zero-order valence-corrected chi connectivity index (χ0v) is 18.5. The molecule has 0 radical (unpaired) electrons. The highest BCUT2D eigenvalue weighted by atomic mass is 35.5. The lowest BCUT2D eigenvalue weighted by atomic mass is 10.2. The Morgan fingerprint density at radius 3 is 2.37 bits per heavy atom. The second-order valence-corrected chi connectivity index (χ2v) is 10.1. The summed E-state index contributed by atoms with van der Waals surface area (Å²) in [5.41, 5.74) is 0.172. The van der Waals surface area contributed by atoms with E-state index in [0.717, 1.165) is 11.0 Å². The van der Waals surface area contributed by atoms with Gasteiger partial charge in [0.1, 0.15) is 0 Å². The third-order valence-corrected chi connectivity index (χ3v) is 8.06. The molecule has 1 aliphatic heterocycles. The first-order valence-corrected chi connectivity index (χ1v) is 11.9. The highest BCUT2D eigenvalue weighted by Crippen LogP contribution is 2.26. The number of thioether (sulfide) groups is 1. The predicted molar refractivity (Wildman–Crippen MR) is 115 cm³/mol. The number of halogens is 1. The molecular weight excluding hydrogens is 450 g/mol. The van der Waals surface area contributed by atoms with Crippen LogP contribution in [-0.2, 0) is 14.8 Å². The topological polar surface area (TPSA) is 101 Å². The van der Waals surface area contributed by atoms with E-state index >= 15 is 0 Å². The van der Waals surface area contributed by atoms with Crippen LogP contribution in [0.2, 0.25) is 5.02 Å². The summed E-state index contributed by atoms with van der Waals surface area (Å²) >= 11 is 7.25. The predicted octanol–water partition coefficient (Wildman–Crippen LogP) is 3.18. The van der Waals surface area contributed by atoms with Crippen molar-refractivity contribution < 1.29 is 18.1 Å². The monoisotopic (exact) mass is 469 g/mol. The van der Waals surface area contributed by atoms with Crippen LogP contribution in [0, 0.1) is 17.0 Å². The molecule has 30 heavy (non-hydrogen) atoms. The van der Waals surface area contributed by atoms with Gasteiger partial charge in [0.25, 0.3) is 5.69 Å². The fourth-order valence-electron chi connectivity index (χ4n) is 3.06. The van der Waals surface area contributed by atoms with E-state index in [1.54, 1.807) is 24.0 Å². The zero-order valence-electron chi connectivity index (χ0n) is 16.2. The van der Waals surface area contributed by atoms with Crippen molar-refractivity contribution >= 4 is 45.0 Å². The summed E-state index contributed by atoms with van der Waals surface area (Å²) < 4.78 is 27.2. The Morgan fingerprint density at radius 2 is 1.77 bits per heavy atom. The number of benzene rings is 2. The van der Waals surface area contributed by atoms with Crippen molar-refractivity contribution in [3.05, 3.63) is 63.2 Å². The van der Waals surface area contributed by atoms with Gasteiger partial charge < -0.3 is 4.90 Å². The molecule has 2 aromatic carbocycles. The van der Waals surface area contributed by atoms with Gasteiger partial charge in [-0.05, 0) is 36.8 Å². The first-order chi connectivity index (χ1) is 14.2. The number of hydrogen-bond donors (Lipinski definition) is 0. The van der Waals surface area contributed by atoms with E-state index < -0.39 is 14.9 Å². The zero-order chi connectivity index (χ0) is 21.9. The number of hydrogen-bond acceptors (Lipinski definition) is 6. The first-order valence-electron chi connectivity index (χ1n) is 9.10. The molecule has 1 amide bonds. The summed E-state index contributed by atoms with van der Waals surface area (Å²) in [6.07, 6.45) is 0. The number of sulfonamides is 1. The van der Waals surface area contributed by atoms with Gasteiger partial charge in [0, 0.05) is 48.2 Å². The number of rotatable bonds is 6. The molecule has 1 fully saturated rings. The van der Waals surface area contributed by atoms with Crippen LogP contribution in [0.1, 0.15) is 5.56 Å². The van der Waals surface area contributed by atoms with Crippen LogP contribution in [-0.4, -0.2) is 60.4 Å². The lowest BCUT2D eigenvalue weighted by molar-refractivity contribution is -0.385. The van der Waals surface area contributed by atoms with Crippen molar-refractivity contribution in [3.63, 3.8) is 0 Å². The quantitative estimate of drug-likeness (QED) is 0.366. The van der Waals surface area contributed by atoms with Crippen LogP contribution in [0.15, 0.2) is 52.3 Å². The Kier molecular flexibility index (Phi) is 7.02. The summed E-state index contributed by atoms with van der Waals surface area (Å²) in [6, 6.07) is 11.0. The number of non-ortho nitro benzene ring substituents is 1. The minimum absolute atomic E-state index is 0.0708. The lowest BCUT2D eigenvalue weighted by Crippen LogP contribution is -2.51. The fourth-order valence-corrected chi connectivity index (χ4v) is 5.66. The van der Waals surface area contributed by atoms with Crippen LogP contribution < -0.4 is 0 Å². The van der Waals surface area contributed by atoms with Crippen molar-refractivity contribution in [2.24, 2.45) is 0 Å². The molecule has 0 aliphatic carbocycles. The van der Waals surface area contributed by atoms with Gasteiger partial charge in [-0.3, -0.25) is 14.9 Å². The Balaban J connectivity index is 1.61. The number of carbonyl (C=O) groups is 1. The number of nitrogens with zero attached hydrogens (tertiary/aromatic N) is 3. The lowest BCUT2D eigenvalue weighted by Gasteiger charge is -2.34. The highest BCUT2D eigenvalue weighted by Gasteiger charge is 2.32. The molecule has 0 bridgehead atoms. The molecule has 0 atom stereocenters. The molecular formula is C19H20ClN3O5S2. The fraction of sp³-hybridized carbons (Fsp3) is 0.316. The van der Waals surface area contributed by atoms with Crippen LogP contribution in [0.3, 0.4) is 0 Å². The summed E-state index contributed by atoms with van der Waals surface area (Å²) in [5, 5.41) is 11.6. The third kappa shape index (κ3) is 5.12. The molecule has 0 N–H and O–H groups in total. The van der Waals surface area contributed by atoms with E-state index in [1.165, 1.54) is 28.2 Å². The summed E-state index contributed by atoms with van der Waals surface area (Å²) in [7, 11) is -3.88. The Labute approximate surface area is 184 Å². The molecule has 1 aliphatic rings. The number of nitro benzene ring substituents is 1. The van der Waals surface area contributed by atoms with E-state index in [4.69, 9.17) is 11.6 Å². The van der Waals surface area contributed by atoms with Gasteiger partial charge in [-0.25, -0.2) is 8.42 Å². The molecule has 1 saturated heterocycles. The van der Waals surface area contributed by atoms with Crippen molar-refractivity contribution in [1.82, 2.24) is 9.21 Å². The van der Waals surface area contributed by atoms with Crippen LogP contribution in [0.4, 0.5) is 5.69 Å². The molecule has 3 rings (SSSR count). The number of aryl methyl sites for hydroxylation is 1. The maximum atomic E-state index is 13.0. The van der Waals surface area contributed by atoms with Crippen LogP contribution in [0.5, 0.6) is 0 Å². The van der Waals surface area contributed by atoms with Gasteiger partial charge in [0.2, 0.25) is 15.9 Å². The molecule has 0 aromatic heterocycles. The van der Waals surface area contributed by atoms with Crippen LogP contribution >= 0.6 is 23.4 Å². The number of nitro groups is 1. The number of carbonyl (C=O) groups excluding carboxylic acids is 1. The SMILES string of the molecule is Cc1ccc([N+](=O)[O-])cc1S(=O)(=O)N1CCN(C(=O)CSc2ccc(Cl)cc2)CC1. The van der Waals surface area contributed by atoms with Crippen molar-refractivity contribution in [2.75, 3.05) is 31.9 Å². The number of piperazine rings is 1. The van der Waals surface area contributed by atoms with E-state index in [2.05, 4.69) is 0 Å². The van der Waals surface area contributed by atoms with E-state index in [-0.39, 0.29) is 48.4 Å². The molecule has 160 valence electrons. The standard InChI is InChI=1S/C19H20ClN3O5S2/c1-14-2-5-16(23(25)26)12-18(14)30(27,28)22-10-8-21(9-11-22)19(24)13-29-17-6-3-15(20)4-7-17/h2-7,12H,8-11,13H2,1H3. The smallest absolute Gasteiger partial charge is 0.270 e. The maximum absolute atomic E-state index is 13.0. The Hall–Kier alpha value is -2.14. The molecule has 1 heterocycles. The molecule has 0 unspecified atom stereocenters. The molecule has 2 aromatic rings. The second-order valence-electron chi connectivity index (χ2n) is 6.73. The van der Waals surface area contributed by atoms with E-state index in [1.807, 2.05) is 12.1 Å². The Morgan fingerprint density at radius 1 is 1.13 bits per heavy atom. The molecule has 11 heteroatoms. The molecule has 0 spiro atoms. The Bertz CT molecular complexity index is 1050. The van der Waals surface area contributed by atoms with Gasteiger partial charge in [-0.2, -0.15) is 4.31 Å². The van der Waals surface area contributed by atoms with E-state index in [0.29, 0.717) is 10.6 Å². The average Bonchev–Trinajstić information content (AvgIpc) is 2.73. The largest absolute Gasteiger partial charge is 0.339 e. The maximum Gasteiger partial charge on any atom is 0.270 e. The van der Waals surface area contributed by atoms with Gasteiger partial charge in [-0.1, -0.05) is 17.7 Å². The van der Waals surface area contributed by atoms with Gasteiger partial charge in [0.15, 0.2) is 0 Å². The van der Waals surface area contributed by atoms with Gasteiger partial charge in [0.05, 0.1) is 15.6 Å². The average molecular weight is 470 g/mol. The summed E-state index contributed by atoms with van der Waals surface area (Å²) in [6.45, 7) is 2.43. The summed E-state index contributed by atoms with van der Waals surface area (Å²) in [5.74, 6) is 0.178. The minimum Gasteiger partial charge on any atom is -0.339 e. The number of amides is 1. The first kappa shape index (κ1) is 22.5.